The first-order chi connectivity index (χ1) is 6.79. The van der Waals surface area contributed by atoms with Crippen LogP contribution in [0.15, 0.2) is 28.8 Å². The lowest BCUT2D eigenvalue weighted by Crippen LogP contribution is -1.83. The normalized spacial score (nSPS) is 10.1. The quantitative estimate of drug-likeness (QED) is 0.770. The van der Waals surface area contributed by atoms with E-state index in [1.165, 1.54) is 0 Å². The van der Waals surface area contributed by atoms with Gasteiger partial charge in [-0.1, -0.05) is 0 Å². The summed E-state index contributed by atoms with van der Waals surface area (Å²) < 4.78 is 9.86. The number of hydrogen-bond donors (Lipinski definition) is 1. The molecule has 0 bridgehead atoms. The van der Waals surface area contributed by atoms with E-state index in [1.807, 2.05) is 24.3 Å². The minimum absolute atomic E-state index is 0.204. The molecule has 0 atom stereocenters. The van der Waals surface area contributed by atoms with Gasteiger partial charge in [-0.2, -0.15) is 4.98 Å². The molecule has 1 aromatic carbocycles. The van der Waals surface area contributed by atoms with Crippen LogP contribution in [0.1, 0.15) is 0 Å². The van der Waals surface area contributed by atoms with Gasteiger partial charge in [-0.3, -0.25) is 0 Å². The van der Waals surface area contributed by atoms with E-state index in [9.17, 15) is 0 Å². The van der Waals surface area contributed by atoms with Crippen molar-refractivity contribution in [3.8, 4) is 17.1 Å². The first-order valence-corrected chi connectivity index (χ1v) is 4.40. The van der Waals surface area contributed by atoms with Gasteiger partial charge in [0.25, 0.3) is 0 Å². The standard InChI is InChI=1S/C9H8N2O2S/c1-12-7-4-2-6(3-5-7)8-10-9(14)13-11-8/h2-5H,1H3,(H,10,11,14). The van der Waals surface area contributed by atoms with Gasteiger partial charge in [0.2, 0.25) is 0 Å². The second-order valence-corrected chi connectivity index (χ2v) is 3.01. The van der Waals surface area contributed by atoms with Gasteiger partial charge in [-0.15, -0.1) is 0 Å². The number of methoxy groups -OCH3 is 1. The third-order valence-corrected chi connectivity index (χ3v) is 1.98. The van der Waals surface area contributed by atoms with Crippen LogP contribution < -0.4 is 4.74 Å². The van der Waals surface area contributed by atoms with Crippen molar-refractivity contribution in [3.63, 3.8) is 0 Å². The Bertz CT molecular complexity index is 472. The average molecular weight is 208 g/mol. The molecule has 0 aliphatic heterocycles. The van der Waals surface area contributed by atoms with Crippen molar-refractivity contribution in [2.24, 2.45) is 0 Å². The Balaban J connectivity index is 2.38. The molecular formula is C9H8N2O2S. The molecule has 1 N–H and O–H groups in total. The molecule has 0 saturated heterocycles. The van der Waals surface area contributed by atoms with E-state index >= 15 is 0 Å². The van der Waals surface area contributed by atoms with Crippen LogP contribution in [0, 0.1) is 4.84 Å². The van der Waals surface area contributed by atoms with Gasteiger partial charge in [0.1, 0.15) is 5.75 Å². The zero-order valence-electron chi connectivity index (χ0n) is 7.48. The van der Waals surface area contributed by atoms with Crippen molar-refractivity contribution in [3.05, 3.63) is 29.1 Å². The van der Waals surface area contributed by atoms with E-state index in [4.69, 9.17) is 21.5 Å². The minimum atomic E-state index is 0.204. The van der Waals surface area contributed by atoms with E-state index in [1.54, 1.807) is 7.11 Å². The van der Waals surface area contributed by atoms with Gasteiger partial charge >= 0.3 is 4.84 Å². The molecule has 14 heavy (non-hydrogen) atoms. The van der Waals surface area contributed by atoms with Crippen LogP contribution in [0.2, 0.25) is 0 Å². The van der Waals surface area contributed by atoms with Crippen LogP contribution in [0.4, 0.5) is 0 Å². The number of aromatic nitrogens is 2. The van der Waals surface area contributed by atoms with Crippen LogP contribution in [0.25, 0.3) is 11.4 Å². The highest BCUT2D eigenvalue weighted by Crippen LogP contribution is 2.18. The molecule has 1 heterocycles. The topological polar surface area (TPSA) is 51.1 Å². The third-order valence-electron chi connectivity index (χ3n) is 1.80. The van der Waals surface area contributed by atoms with Crippen LogP contribution in [-0.4, -0.2) is 17.3 Å². The fraction of sp³-hybridized carbons (Fsp3) is 0.111. The average Bonchev–Trinajstić information content (AvgIpc) is 2.65. The summed E-state index contributed by atoms with van der Waals surface area (Å²) in [5.41, 5.74) is 0.908. The van der Waals surface area contributed by atoms with E-state index < -0.39 is 0 Å². The predicted molar refractivity (Wildman–Crippen MR) is 53.7 cm³/mol. The molecule has 0 aliphatic rings. The Morgan fingerprint density at radius 2 is 2.07 bits per heavy atom. The lowest BCUT2D eigenvalue weighted by atomic mass is 10.2. The van der Waals surface area contributed by atoms with Crippen molar-refractivity contribution in [1.29, 1.82) is 0 Å². The van der Waals surface area contributed by atoms with Gasteiger partial charge in [-0.25, -0.2) is 5.16 Å². The monoisotopic (exact) mass is 208 g/mol. The van der Waals surface area contributed by atoms with Gasteiger partial charge in [0.05, 0.1) is 7.11 Å². The summed E-state index contributed by atoms with van der Waals surface area (Å²) in [4.78, 5) is 4.19. The molecule has 5 heteroatoms. The zero-order valence-corrected chi connectivity index (χ0v) is 8.30. The molecule has 0 radical (unpaired) electrons. The number of nitrogens with one attached hydrogen (secondary N) is 1. The first kappa shape index (κ1) is 8.96. The van der Waals surface area contributed by atoms with Crippen molar-refractivity contribution >= 4 is 12.2 Å². The van der Waals surface area contributed by atoms with Crippen LogP contribution in [0.3, 0.4) is 0 Å². The summed E-state index contributed by atoms with van der Waals surface area (Å²) >= 11 is 4.75. The maximum atomic E-state index is 5.04. The van der Waals surface area contributed by atoms with Gasteiger partial charge in [0.15, 0.2) is 5.82 Å². The maximum absolute atomic E-state index is 5.04. The Morgan fingerprint density at radius 1 is 1.36 bits per heavy atom. The second kappa shape index (κ2) is 3.63. The van der Waals surface area contributed by atoms with E-state index in [0.717, 1.165) is 11.3 Å². The van der Waals surface area contributed by atoms with E-state index in [-0.39, 0.29) is 4.84 Å². The Kier molecular flexibility index (Phi) is 2.32. The molecule has 2 aromatic rings. The van der Waals surface area contributed by atoms with Crippen LogP contribution in [0.5, 0.6) is 5.75 Å². The molecule has 72 valence electrons. The molecule has 4 nitrogen and oxygen atoms in total. The summed E-state index contributed by atoms with van der Waals surface area (Å²) in [5.74, 6) is 1.42. The smallest absolute Gasteiger partial charge is 0.314 e. The Labute approximate surface area is 85.5 Å². The Hall–Kier alpha value is -1.62. The van der Waals surface area contributed by atoms with Crippen molar-refractivity contribution < 1.29 is 9.26 Å². The summed E-state index contributed by atoms with van der Waals surface area (Å²) in [6.45, 7) is 0. The number of aromatic amines is 1. The zero-order chi connectivity index (χ0) is 9.97. The molecule has 0 unspecified atom stereocenters. The van der Waals surface area contributed by atoms with Crippen molar-refractivity contribution in [2.75, 3.05) is 7.11 Å². The van der Waals surface area contributed by atoms with Crippen molar-refractivity contribution in [2.45, 2.75) is 0 Å². The molecule has 1 aromatic heterocycles. The van der Waals surface area contributed by atoms with Gasteiger partial charge < -0.3 is 9.26 Å². The summed E-state index contributed by atoms with van der Waals surface area (Å²) in [7, 11) is 1.62. The number of benzene rings is 1. The summed E-state index contributed by atoms with van der Waals surface area (Å²) in [6, 6.07) is 7.45. The summed E-state index contributed by atoms with van der Waals surface area (Å²) in [5, 5.41) is 2.63. The highest BCUT2D eigenvalue weighted by atomic mass is 32.1. The third kappa shape index (κ3) is 1.67. The Morgan fingerprint density at radius 3 is 2.57 bits per heavy atom. The number of nitrogens with zero attached hydrogens (tertiary/aromatic N) is 1. The molecule has 0 amide bonds. The number of rotatable bonds is 2. The summed E-state index contributed by atoms with van der Waals surface area (Å²) in [6.07, 6.45) is 0. The van der Waals surface area contributed by atoms with E-state index in [0.29, 0.717) is 5.82 Å². The van der Waals surface area contributed by atoms with Crippen LogP contribution >= 0.6 is 12.2 Å². The lowest BCUT2D eigenvalue weighted by molar-refractivity contribution is 0.406. The SMILES string of the molecule is COc1ccc(-c2nc(=S)o[nH]2)cc1. The second-order valence-electron chi connectivity index (χ2n) is 2.66. The predicted octanol–water partition coefficient (Wildman–Crippen LogP) is 2.41. The highest BCUT2D eigenvalue weighted by Gasteiger charge is 2.01. The number of hydrogen-bond acceptors (Lipinski definition) is 4. The lowest BCUT2D eigenvalue weighted by Gasteiger charge is -1.99. The maximum Gasteiger partial charge on any atom is 0.314 e. The van der Waals surface area contributed by atoms with Crippen molar-refractivity contribution in [1.82, 2.24) is 10.1 Å². The molecule has 0 spiro atoms. The highest BCUT2D eigenvalue weighted by molar-refractivity contribution is 7.71. The largest absolute Gasteiger partial charge is 0.497 e. The molecular weight excluding hydrogens is 200 g/mol. The fourth-order valence-electron chi connectivity index (χ4n) is 1.10. The first-order valence-electron chi connectivity index (χ1n) is 3.99. The number of H-pyrrole nitrogens is 1. The molecule has 0 fully saturated rings. The number of ether oxygens (including phenoxy) is 1. The minimum Gasteiger partial charge on any atom is -0.497 e. The fourth-order valence-corrected chi connectivity index (χ4v) is 1.23. The van der Waals surface area contributed by atoms with Gasteiger partial charge in [0, 0.05) is 5.56 Å². The molecule has 2 rings (SSSR count). The van der Waals surface area contributed by atoms with Crippen LogP contribution in [-0.2, 0) is 0 Å². The van der Waals surface area contributed by atoms with E-state index in [2.05, 4.69) is 10.1 Å². The molecule has 0 saturated carbocycles. The van der Waals surface area contributed by atoms with Gasteiger partial charge in [-0.05, 0) is 36.5 Å². The molecule has 0 aliphatic carbocycles.